The maximum absolute atomic E-state index is 12.8. The predicted molar refractivity (Wildman–Crippen MR) is 111 cm³/mol. The summed E-state index contributed by atoms with van der Waals surface area (Å²) in [7, 11) is -6.38. The Kier molecular flexibility index (Phi) is 7.48. The molecule has 28 heavy (non-hydrogen) atoms. The molecule has 1 fully saturated rings. The highest BCUT2D eigenvalue weighted by atomic mass is 35.5. The Morgan fingerprint density at radius 2 is 1.75 bits per heavy atom. The molecule has 1 aromatic heterocycles. The molecule has 2 heterocycles. The molecule has 0 aliphatic carbocycles. The Hall–Kier alpha value is -1.21. The summed E-state index contributed by atoms with van der Waals surface area (Å²) in [6.07, 6.45) is 0. The molecular weight excluding hydrogens is 446 g/mol. The van der Waals surface area contributed by atoms with Crippen molar-refractivity contribution in [2.45, 2.75) is 15.0 Å². The maximum Gasteiger partial charge on any atom is 0.273 e. The lowest BCUT2D eigenvalue weighted by Crippen LogP contribution is -2.35. The lowest BCUT2D eigenvalue weighted by molar-refractivity contribution is 0.0342. The number of morpholine rings is 1. The van der Waals surface area contributed by atoms with E-state index in [1.54, 1.807) is 12.1 Å². The lowest BCUT2D eigenvalue weighted by atomic mass is 10.2. The summed E-state index contributed by atoms with van der Waals surface area (Å²) in [4.78, 5) is 2.24. The molecule has 0 unspecified atom stereocenters. The van der Waals surface area contributed by atoms with E-state index in [4.69, 9.17) is 9.88 Å². The highest BCUT2D eigenvalue weighted by molar-refractivity contribution is 7.96. The van der Waals surface area contributed by atoms with Crippen molar-refractivity contribution in [3.05, 3.63) is 42.0 Å². The molecule has 0 spiro atoms. The number of hydrogen-bond acceptors (Lipinski definition) is 7. The van der Waals surface area contributed by atoms with Crippen LogP contribution in [0.5, 0.6) is 0 Å². The van der Waals surface area contributed by atoms with Gasteiger partial charge in [-0.1, -0.05) is 12.1 Å². The zero-order valence-electron chi connectivity index (χ0n) is 15.1. The first-order valence-electron chi connectivity index (χ1n) is 8.18. The highest BCUT2D eigenvalue weighted by Crippen LogP contribution is 2.29. The van der Waals surface area contributed by atoms with Crippen molar-refractivity contribution >= 4 is 49.5 Å². The second-order valence-corrected chi connectivity index (χ2v) is 11.2. The molecule has 1 aliphatic rings. The third-order valence-electron chi connectivity index (χ3n) is 4.24. The van der Waals surface area contributed by atoms with Gasteiger partial charge < -0.3 is 4.74 Å². The van der Waals surface area contributed by atoms with Crippen LogP contribution in [0.3, 0.4) is 0 Å². The first-order chi connectivity index (χ1) is 12.7. The minimum Gasteiger partial charge on any atom is -0.379 e. The average Bonchev–Trinajstić information content (AvgIpc) is 3.13. The van der Waals surface area contributed by atoms with Crippen LogP contribution in [0, 0.1) is 0 Å². The summed E-state index contributed by atoms with van der Waals surface area (Å²) in [5.41, 5.74) is 1.50. The molecule has 156 valence electrons. The number of hydrogen-bond donors (Lipinski definition) is 1. The van der Waals surface area contributed by atoms with E-state index in [1.807, 2.05) is 12.1 Å². The quantitative estimate of drug-likeness (QED) is 0.688. The summed E-state index contributed by atoms with van der Waals surface area (Å²) in [5, 5.41) is 5.07. The van der Waals surface area contributed by atoms with Crippen molar-refractivity contribution in [2.24, 2.45) is 5.14 Å². The van der Waals surface area contributed by atoms with E-state index in [0.29, 0.717) is 36.8 Å². The van der Waals surface area contributed by atoms with Crippen LogP contribution in [0.25, 0.3) is 0 Å². The van der Waals surface area contributed by atoms with Gasteiger partial charge in [0.25, 0.3) is 10.0 Å². The van der Waals surface area contributed by atoms with Crippen LogP contribution in [0.4, 0.5) is 5.69 Å². The minimum absolute atomic E-state index is 0. The normalized spacial score (nSPS) is 15.8. The van der Waals surface area contributed by atoms with Crippen molar-refractivity contribution in [1.82, 2.24) is 4.90 Å². The van der Waals surface area contributed by atoms with Gasteiger partial charge in [0, 0.05) is 26.7 Å². The number of halogens is 1. The van der Waals surface area contributed by atoms with Crippen LogP contribution in [-0.2, 0) is 31.3 Å². The first-order valence-corrected chi connectivity index (χ1v) is 12.0. The molecule has 1 aliphatic heterocycles. The number of ether oxygens (including phenoxy) is 1. The Bertz CT molecular complexity index is 1020. The van der Waals surface area contributed by atoms with Crippen LogP contribution >= 0.6 is 23.7 Å². The van der Waals surface area contributed by atoms with Crippen molar-refractivity contribution in [3.63, 3.8) is 0 Å². The van der Waals surface area contributed by atoms with Gasteiger partial charge in [-0.15, -0.1) is 23.7 Å². The summed E-state index contributed by atoms with van der Waals surface area (Å²) >= 11 is 0.638. The number of nitrogens with two attached hydrogens (primary N) is 1. The minimum atomic E-state index is -3.94. The molecule has 1 saturated heterocycles. The van der Waals surface area contributed by atoms with Gasteiger partial charge in [-0.25, -0.2) is 22.0 Å². The van der Waals surface area contributed by atoms with Crippen molar-refractivity contribution < 1.29 is 21.6 Å². The fourth-order valence-electron chi connectivity index (χ4n) is 2.74. The Morgan fingerprint density at radius 1 is 1.11 bits per heavy atom. The monoisotopic (exact) mass is 467 g/mol. The number of nitrogens with zero attached hydrogens (tertiary/aromatic N) is 2. The number of benzene rings is 1. The van der Waals surface area contributed by atoms with E-state index in [1.165, 1.54) is 19.2 Å². The van der Waals surface area contributed by atoms with Crippen molar-refractivity contribution in [1.29, 1.82) is 0 Å². The van der Waals surface area contributed by atoms with Gasteiger partial charge in [0.2, 0.25) is 10.0 Å². The summed E-state index contributed by atoms with van der Waals surface area (Å²) in [6, 6.07) is 9.74. The molecule has 0 atom stereocenters. The smallest absolute Gasteiger partial charge is 0.273 e. The third-order valence-corrected chi connectivity index (χ3v) is 9.01. The highest BCUT2D eigenvalue weighted by Gasteiger charge is 2.25. The molecule has 0 saturated carbocycles. The second-order valence-electron chi connectivity index (χ2n) is 6.15. The van der Waals surface area contributed by atoms with Gasteiger partial charge in [0.05, 0.1) is 18.9 Å². The standard InChI is InChI=1S/C16H21N3O5S3.ClH/c1-18(27(22,23)16-6-5-15(25-16)26(17,20)21)14-4-2-3-13(11-14)12-19-7-9-24-10-8-19;/h2-6,11H,7-10,12H2,1H3,(H2,17,20,21);1H. The van der Waals surface area contributed by atoms with Gasteiger partial charge >= 0.3 is 0 Å². The molecule has 0 bridgehead atoms. The van der Waals surface area contributed by atoms with Gasteiger partial charge in [0.1, 0.15) is 8.42 Å². The van der Waals surface area contributed by atoms with E-state index < -0.39 is 20.0 Å². The van der Waals surface area contributed by atoms with Crippen molar-refractivity contribution in [3.8, 4) is 0 Å². The van der Waals surface area contributed by atoms with Gasteiger partial charge in [-0.05, 0) is 29.8 Å². The maximum atomic E-state index is 12.8. The molecule has 0 amide bonds. The average molecular weight is 468 g/mol. The number of thiophene rings is 1. The lowest BCUT2D eigenvalue weighted by Gasteiger charge is -2.27. The third kappa shape index (κ3) is 5.23. The van der Waals surface area contributed by atoms with Crippen LogP contribution in [-0.4, -0.2) is 55.1 Å². The predicted octanol–water partition coefficient (Wildman–Crippen LogP) is 1.47. The van der Waals surface area contributed by atoms with Crippen LogP contribution in [0.1, 0.15) is 5.56 Å². The topological polar surface area (TPSA) is 110 Å². The fourth-order valence-corrected chi connectivity index (χ4v) is 6.28. The molecular formula is C16H22ClN3O5S3. The molecule has 12 heteroatoms. The molecule has 3 rings (SSSR count). The van der Waals surface area contributed by atoms with E-state index in [9.17, 15) is 16.8 Å². The van der Waals surface area contributed by atoms with E-state index >= 15 is 0 Å². The number of rotatable bonds is 6. The van der Waals surface area contributed by atoms with Gasteiger partial charge in [0.15, 0.2) is 0 Å². The SMILES string of the molecule is CN(c1cccc(CN2CCOCC2)c1)S(=O)(=O)c1ccc(S(N)(=O)=O)s1.Cl. The van der Waals surface area contributed by atoms with E-state index in [2.05, 4.69) is 4.90 Å². The Morgan fingerprint density at radius 3 is 2.36 bits per heavy atom. The molecule has 0 radical (unpaired) electrons. The van der Waals surface area contributed by atoms with Crippen LogP contribution in [0.2, 0.25) is 0 Å². The molecule has 2 N–H and O–H groups in total. The fraction of sp³-hybridized carbons (Fsp3) is 0.375. The number of primary sulfonamides is 1. The Balaban J connectivity index is 0.00000280. The summed E-state index contributed by atoms with van der Waals surface area (Å²) in [5.74, 6) is 0. The van der Waals surface area contributed by atoms with Crippen LogP contribution in [0.15, 0.2) is 44.8 Å². The summed E-state index contributed by atoms with van der Waals surface area (Å²) in [6.45, 7) is 3.77. The zero-order valence-corrected chi connectivity index (χ0v) is 18.4. The Labute approximate surface area is 175 Å². The number of sulfonamides is 2. The molecule has 2 aromatic rings. The first kappa shape index (κ1) is 23.1. The molecule has 8 nitrogen and oxygen atoms in total. The largest absolute Gasteiger partial charge is 0.379 e. The van der Waals surface area contributed by atoms with Gasteiger partial charge in [-0.3, -0.25) is 9.21 Å². The summed E-state index contributed by atoms with van der Waals surface area (Å²) < 4.78 is 54.7. The van der Waals surface area contributed by atoms with E-state index in [-0.39, 0.29) is 20.8 Å². The zero-order chi connectivity index (χ0) is 19.7. The number of anilines is 1. The molecule has 1 aromatic carbocycles. The van der Waals surface area contributed by atoms with Crippen LogP contribution < -0.4 is 9.44 Å². The van der Waals surface area contributed by atoms with Crippen molar-refractivity contribution in [2.75, 3.05) is 37.7 Å². The second kappa shape index (κ2) is 9.08. The van der Waals surface area contributed by atoms with E-state index in [0.717, 1.165) is 23.0 Å². The van der Waals surface area contributed by atoms with Gasteiger partial charge in [-0.2, -0.15) is 0 Å².